The van der Waals surface area contributed by atoms with Gasteiger partial charge in [0.25, 0.3) is 5.56 Å². The van der Waals surface area contributed by atoms with Crippen LogP contribution in [0.2, 0.25) is 0 Å². The Bertz CT molecular complexity index is 1120. The van der Waals surface area contributed by atoms with Gasteiger partial charge >= 0.3 is 5.69 Å². The summed E-state index contributed by atoms with van der Waals surface area (Å²) < 4.78 is 8.05. The van der Waals surface area contributed by atoms with Crippen LogP contribution in [0.15, 0.2) is 62.7 Å². The largest absolute Gasteiger partial charge is 0.463 e. The molecule has 1 N–H and O–H groups in total. The number of nitrogens with zero attached hydrogens (tertiary/aromatic N) is 3. The van der Waals surface area contributed by atoms with Crippen LogP contribution >= 0.6 is 0 Å². The summed E-state index contributed by atoms with van der Waals surface area (Å²) in [6, 6.07) is 13.2. The van der Waals surface area contributed by atoms with Crippen LogP contribution in [0.25, 0.3) is 22.5 Å². The van der Waals surface area contributed by atoms with Gasteiger partial charge in [-0.2, -0.15) is 5.10 Å². The molecule has 7 heteroatoms. The lowest BCUT2D eigenvalue weighted by molar-refractivity contribution is 0.577. The monoisotopic (exact) mass is 322 g/mol. The molecule has 24 heavy (non-hydrogen) atoms. The standard InChI is InChI=1S/C17H14N4O3/c1-20-16(22)13-14(12-8-5-9-24-12)19-21(15(13)18-17(20)23)10-11-6-3-2-4-7-11/h2-9H,10H2,1H3,(H,18,23). The van der Waals surface area contributed by atoms with Crippen molar-refractivity contribution < 1.29 is 4.42 Å². The van der Waals surface area contributed by atoms with Gasteiger partial charge in [-0.1, -0.05) is 30.3 Å². The van der Waals surface area contributed by atoms with Crippen LogP contribution in [0.5, 0.6) is 0 Å². The molecule has 0 saturated heterocycles. The van der Waals surface area contributed by atoms with Gasteiger partial charge in [0, 0.05) is 7.05 Å². The summed E-state index contributed by atoms with van der Waals surface area (Å²) in [7, 11) is 1.43. The third-order valence-electron chi connectivity index (χ3n) is 3.93. The number of rotatable bonds is 3. The topological polar surface area (TPSA) is 85.8 Å². The summed E-state index contributed by atoms with van der Waals surface area (Å²) in [6.07, 6.45) is 1.52. The van der Waals surface area contributed by atoms with Crippen molar-refractivity contribution in [3.8, 4) is 11.5 Å². The summed E-state index contributed by atoms with van der Waals surface area (Å²) in [5, 5.41) is 4.85. The maximum atomic E-state index is 12.6. The first kappa shape index (κ1) is 14.3. The zero-order valence-electron chi connectivity index (χ0n) is 12.9. The lowest BCUT2D eigenvalue weighted by atomic mass is 10.2. The molecular formula is C17H14N4O3. The van der Waals surface area contributed by atoms with E-state index in [-0.39, 0.29) is 0 Å². The maximum Gasteiger partial charge on any atom is 0.329 e. The molecule has 0 unspecified atom stereocenters. The molecule has 0 bridgehead atoms. The Kier molecular flexibility index (Phi) is 3.19. The quantitative estimate of drug-likeness (QED) is 0.622. The van der Waals surface area contributed by atoms with E-state index in [1.54, 1.807) is 16.8 Å². The maximum absolute atomic E-state index is 12.6. The van der Waals surface area contributed by atoms with Crippen molar-refractivity contribution in [1.29, 1.82) is 0 Å². The van der Waals surface area contributed by atoms with Crippen molar-refractivity contribution in [2.24, 2.45) is 7.05 Å². The van der Waals surface area contributed by atoms with E-state index in [0.717, 1.165) is 10.1 Å². The van der Waals surface area contributed by atoms with Crippen LogP contribution in [0.4, 0.5) is 0 Å². The van der Waals surface area contributed by atoms with E-state index in [2.05, 4.69) is 10.1 Å². The first-order valence-electron chi connectivity index (χ1n) is 7.43. The van der Waals surface area contributed by atoms with Crippen LogP contribution in [0.1, 0.15) is 5.56 Å². The molecule has 1 aromatic carbocycles. The molecule has 0 saturated carbocycles. The molecule has 4 aromatic rings. The van der Waals surface area contributed by atoms with Gasteiger partial charge in [0.1, 0.15) is 16.7 Å². The van der Waals surface area contributed by atoms with E-state index in [1.807, 2.05) is 30.3 Å². The van der Waals surface area contributed by atoms with E-state index in [0.29, 0.717) is 29.0 Å². The van der Waals surface area contributed by atoms with Crippen molar-refractivity contribution in [1.82, 2.24) is 19.3 Å². The number of fused-ring (bicyclic) bond motifs is 1. The second kappa shape index (κ2) is 5.38. The molecule has 0 atom stereocenters. The lowest BCUT2D eigenvalue weighted by Gasteiger charge is -2.03. The van der Waals surface area contributed by atoms with Crippen molar-refractivity contribution in [2.75, 3.05) is 0 Å². The smallest absolute Gasteiger partial charge is 0.329 e. The number of benzene rings is 1. The Labute approximate surface area is 135 Å². The highest BCUT2D eigenvalue weighted by Gasteiger charge is 2.20. The third kappa shape index (κ3) is 2.18. The molecule has 4 rings (SSSR count). The Balaban J connectivity index is 2.01. The first-order chi connectivity index (χ1) is 11.6. The average Bonchev–Trinajstić information content (AvgIpc) is 3.22. The fourth-order valence-corrected chi connectivity index (χ4v) is 2.69. The van der Waals surface area contributed by atoms with Gasteiger partial charge in [-0.15, -0.1) is 0 Å². The van der Waals surface area contributed by atoms with Crippen molar-refractivity contribution >= 4 is 11.0 Å². The van der Waals surface area contributed by atoms with Crippen LogP contribution in [-0.4, -0.2) is 19.3 Å². The number of aromatic nitrogens is 4. The second-order valence-electron chi connectivity index (χ2n) is 5.49. The zero-order chi connectivity index (χ0) is 16.7. The van der Waals surface area contributed by atoms with Crippen molar-refractivity contribution in [2.45, 2.75) is 6.54 Å². The molecule has 0 aliphatic carbocycles. The van der Waals surface area contributed by atoms with E-state index < -0.39 is 11.2 Å². The van der Waals surface area contributed by atoms with E-state index >= 15 is 0 Å². The highest BCUT2D eigenvalue weighted by Crippen LogP contribution is 2.24. The number of hydrogen-bond donors (Lipinski definition) is 1. The van der Waals surface area contributed by atoms with Gasteiger partial charge in [0.15, 0.2) is 5.76 Å². The van der Waals surface area contributed by atoms with Gasteiger partial charge in [0.2, 0.25) is 0 Å². The summed E-state index contributed by atoms with van der Waals surface area (Å²) in [4.78, 5) is 27.3. The molecule has 120 valence electrons. The van der Waals surface area contributed by atoms with Crippen LogP contribution in [0, 0.1) is 0 Å². The van der Waals surface area contributed by atoms with Gasteiger partial charge in [-0.25, -0.2) is 9.48 Å². The fourth-order valence-electron chi connectivity index (χ4n) is 2.69. The van der Waals surface area contributed by atoms with E-state index in [4.69, 9.17) is 4.42 Å². The lowest BCUT2D eigenvalue weighted by Crippen LogP contribution is -2.32. The molecule has 0 radical (unpaired) electrons. The number of hydrogen-bond acceptors (Lipinski definition) is 4. The van der Waals surface area contributed by atoms with Gasteiger partial charge < -0.3 is 4.42 Å². The molecule has 3 heterocycles. The zero-order valence-corrected chi connectivity index (χ0v) is 12.9. The number of H-pyrrole nitrogens is 1. The van der Waals surface area contributed by atoms with Gasteiger partial charge in [-0.3, -0.25) is 14.3 Å². The van der Waals surface area contributed by atoms with Crippen LogP contribution in [0.3, 0.4) is 0 Å². The third-order valence-corrected chi connectivity index (χ3v) is 3.93. The van der Waals surface area contributed by atoms with Crippen molar-refractivity contribution in [3.63, 3.8) is 0 Å². The Morgan fingerprint density at radius 1 is 1.12 bits per heavy atom. The molecule has 7 nitrogen and oxygen atoms in total. The highest BCUT2D eigenvalue weighted by molar-refractivity contribution is 5.88. The van der Waals surface area contributed by atoms with Crippen LogP contribution in [-0.2, 0) is 13.6 Å². The highest BCUT2D eigenvalue weighted by atomic mass is 16.3. The summed E-state index contributed by atoms with van der Waals surface area (Å²) in [6.45, 7) is 0.432. The summed E-state index contributed by atoms with van der Waals surface area (Å²) in [5.74, 6) is 0.482. The van der Waals surface area contributed by atoms with E-state index in [1.165, 1.54) is 13.3 Å². The summed E-state index contributed by atoms with van der Waals surface area (Å²) >= 11 is 0. The van der Waals surface area contributed by atoms with E-state index in [9.17, 15) is 9.59 Å². The first-order valence-corrected chi connectivity index (χ1v) is 7.43. The molecule has 3 aromatic heterocycles. The van der Waals surface area contributed by atoms with Gasteiger partial charge in [-0.05, 0) is 17.7 Å². The molecule has 0 spiro atoms. The second-order valence-corrected chi connectivity index (χ2v) is 5.49. The van der Waals surface area contributed by atoms with Gasteiger partial charge in [0.05, 0.1) is 12.8 Å². The normalized spacial score (nSPS) is 11.2. The van der Waals surface area contributed by atoms with Crippen LogP contribution < -0.4 is 11.2 Å². The minimum atomic E-state index is -0.479. The minimum absolute atomic E-state index is 0.336. The molecule has 0 amide bonds. The number of nitrogens with one attached hydrogen (secondary N) is 1. The minimum Gasteiger partial charge on any atom is -0.463 e. The predicted octanol–water partition coefficient (Wildman–Crippen LogP) is 1.73. The molecule has 0 aliphatic heterocycles. The fraction of sp³-hybridized carbons (Fsp3) is 0.118. The Morgan fingerprint density at radius 3 is 2.62 bits per heavy atom. The molecule has 0 aliphatic rings. The molecular weight excluding hydrogens is 308 g/mol. The average molecular weight is 322 g/mol. The predicted molar refractivity (Wildman–Crippen MR) is 88.8 cm³/mol. The summed E-state index contributed by atoms with van der Waals surface area (Å²) in [5.41, 5.74) is 0.933. The number of furan rings is 1. The molecule has 0 fully saturated rings. The van der Waals surface area contributed by atoms with Crippen molar-refractivity contribution in [3.05, 3.63) is 75.1 Å². The Morgan fingerprint density at radius 2 is 1.92 bits per heavy atom. The number of aromatic amines is 1. The Hall–Kier alpha value is -3.35. The SMILES string of the molecule is Cn1c(=O)[nH]c2c(c(-c3ccco3)nn2Cc2ccccc2)c1=O.